The van der Waals surface area contributed by atoms with Crippen LogP contribution in [0.2, 0.25) is 0 Å². The maximum absolute atomic E-state index is 13.4. The van der Waals surface area contributed by atoms with Crippen LogP contribution in [0.15, 0.2) is 51.7 Å². The van der Waals surface area contributed by atoms with E-state index in [9.17, 15) is 14.0 Å². The first-order valence-corrected chi connectivity index (χ1v) is 6.28. The van der Waals surface area contributed by atoms with Gasteiger partial charge in [0.2, 0.25) is 5.91 Å². The summed E-state index contributed by atoms with van der Waals surface area (Å²) < 4.78 is 18.3. The third kappa shape index (κ3) is 2.84. The summed E-state index contributed by atoms with van der Waals surface area (Å²) in [5, 5.41) is 2.50. The molecule has 2 N–H and O–H groups in total. The molecule has 0 aliphatic heterocycles. The molecule has 2 aromatic carbocycles. The molecule has 1 amide bonds. The zero-order valence-electron chi connectivity index (χ0n) is 10.9. The molecule has 0 saturated heterocycles. The molecule has 0 atom stereocenters. The summed E-state index contributed by atoms with van der Waals surface area (Å²) in [5.41, 5.74) is 1.78. The number of halogens is 1. The van der Waals surface area contributed by atoms with Gasteiger partial charge in [-0.2, -0.15) is 0 Å². The number of fused-ring (bicyclic) bond motifs is 1. The Morgan fingerprint density at radius 1 is 1.24 bits per heavy atom. The standard InChI is InChI=1S/C15H11FN2O3/c16-10-3-1-2-4-11(10)17-14(19)8-9-5-6-13-12(7-9)18-15(20)21-13/h1-7H,8H2,(H,17,19)(H,18,20). The van der Waals surface area contributed by atoms with Gasteiger partial charge in [-0.3, -0.25) is 9.78 Å². The van der Waals surface area contributed by atoms with Crippen molar-refractivity contribution in [1.29, 1.82) is 0 Å². The van der Waals surface area contributed by atoms with Crippen LogP contribution < -0.4 is 11.1 Å². The van der Waals surface area contributed by atoms with Gasteiger partial charge in [-0.25, -0.2) is 9.18 Å². The summed E-state index contributed by atoms with van der Waals surface area (Å²) in [5.74, 6) is -1.37. The summed E-state index contributed by atoms with van der Waals surface area (Å²) >= 11 is 0. The van der Waals surface area contributed by atoms with E-state index in [2.05, 4.69) is 10.3 Å². The number of para-hydroxylation sites is 1. The maximum Gasteiger partial charge on any atom is 0.417 e. The van der Waals surface area contributed by atoms with Crippen LogP contribution in [-0.2, 0) is 11.2 Å². The summed E-state index contributed by atoms with van der Waals surface area (Å²) in [6, 6.07) is 10.9. The van der Waals surface area contributed by atoms with E-state index in [0.717, 1.165) is 0 Å². The number of amides is 1. The summed E-state index contributed by atoms with van der Waals surface area (Å²) in [6.07, 6.45) is 0.0669. The van der Waals surface area contributed by atoms with Gasteiger partial charge in [-0.1, -0.05) is 18.2 Å². The molecule has 0 radical (unpaired) electrons. The van der Waals surface area contributed by atoms with E-state index in [1.54, 1.807) is 30.3 Å². The molecule has 5 nitrogen and oxygen atoms in total. The van der Waals surface area contributed by atoms with Crippen molar-refractivity contribution in [2.45, 2.75) is 6.42 Å². The molecule has 1 aromatic heterocycles. The molecule has 0 aliphatic rings. The normalized spacial score (nSPS) is 10.7. The smallest absolute Gasteiger partial charge is 0.408 e. The Labute approximate surface area is 118 Å². The van der Waals surface area contributed by atoms with Gasteiger partial charge in [-0.15, -0.1) is 0 Å². The van der Waals surface area contributed by atoms with Gasteiger partial charge in [0.05, 0.1) is 17.6 Å². The number of anilines is 1. The number of nitrogens with one attached hydrogen (secondary N) is 2. The Morgan fingerprint density at radius 3 is 2.86 bits per heavy atom. The molecule has 3 rings (SSSR count). The topological polar surface area (TPSA) is 75.1 Å². The van der Waals surface area contributed by atoms with Gasteiger partial charge in [0, 0.05) is 0 Å². The predicted octanol–water partition coefficient (Wildman–Crippen LogP) is 2.44. The molecule has 0 bridgehead atoms. The van der Waals surface area contributed by atoms with E-state index in [1.807, 2.05) is 0 Å². The van der Waals surface area contributed by atoms with E-state index in [4.69, 9.17) is 4.42 Å². The monoisotopic (exact) mass is 286 g/mol. The van der Waals surface area contributed by atoms with Crippen molar-refractivity contribution in [2.24, 2.45) is 0 Å². The zero-order chi connectivity index (χ0) is 14.8. The van der Waals surface area contributed by atoms with Gasteiger partial charge in [0.15, 0.2) is 5.58 Å². The van der Waals surface area contributed by atoms with Gasteiger partial charge >= 0.3 is 5.76 Å². The molecular formula is C15H11FN2O3. The lowest BCUT2D eigenvalue weighted by molar-refractivity contribution is -0.115. The fourth-order valence-corrected chi connectivity index (χ4v) is 2.05. The number of H-pyrrole nitrogens is 1. The van der Waals surface area contributed by atoms with E-state index in [1.165, 1.54) is 12.1 Å². The fourth-order valence-electron chi connectivity index (χ4n) is 2.05. The maximum atomic E-state index is 13.4. The van der Waals surface area contributed by atoms with Crippen LogP contribution in [0.25, 0.3) is 11.1 Å². The minimum absolute atomic E-state index is 0.0669. The summed E-state index contributed by atoms with van der Waals surface area (Å²) in [4.78, 5) is 25.5. The van der Waals surface area contributed by atoms with Gasteiger partial charge in [-0.05, 0) is 29.8 Å². The van der Waals surface area contributed by atoms with Gasteiger partial charge in [0.1, 0.15) is 5.82 Å². The molecule has 3 aromatic rings. The first kappa shape index (κ1) is 13.1. The predicted molar refractivity (Wildman–Crippen MR) is 75.6 cm³/mol. The van der Waals surface area contributed by atoms with Crippen LogP contribution in [0.4, 0.5) is 10.1 Å². The zero-order valence-corrected chi connectivity index (χ0v) is 10.9. The Balaban J connectivity index is 1.77. The largest absolute Gasteiger partial charge is 0.417 e. The fraction of sp³-hybridized carbons (Fsp3) is 0.0667. The Bertz CT molecular complexity index is 866. The highest BCUT2D eigenvalue weighted by Crippen LogP contribution is 2.15. The number of aromatic nitrogens is 1. The van der Waals surface area contributed by atoms with Gasteiger partial charge < -0.3 is 9.73 Å². The molecule has 21 heavy (non-hydrogen) atoms. The van der Waals surface area contributed by atoms with Crippen molar-refractivity contribution >= 4 is 22.7 Å². The average molecular weight is 286 g/mol. The van der Waals surface area contributed by atoms with Crippen LogP contribution in [0.5, 0.6) is 0 Å². The van der Waals surface area contributed by atoms with Crippen LogP contribution in [0.3, 0.4) is 0 Å². The van der Waals surface area contributed by atoms with E-state index in [-0.39, 0.29) is 18.0 Å². The first-order valence-electron chi connectivity index (χ1n) is 6.28. The number of oxazole rings is 1. The quantitative estimate of drug-likeness (QED) is 0.776. The lowest BCUT2D eigenvalue weighted by Gasteiger charge is -2.06. The van der Waals surface area contributed by atoms with Crippen LogP contribution in [0.1, 0.15) is 5.56 Å². The second-order valence-electron chi connectivity index (χ2n) is 4.55. The SMILES string of the molecule is O=C(Cc1ccc2oc(=O)[nH]c2c1)Nc1ccccc1F. The van der Waals surface area contributed by atoms with E-state index >= 15 is 0 Å². The van der Waals surface area contributed by atoms with Crippen molar-refractivity contribution < 1.29 is 13.6 Å². The summed E-state index contributed by atoms with van der Waals surface area (Å²) in [6.45, 7) is 0. The number of carbonyl (C=O) groups is 1. The molecule has 0 unspecified atom stereocenters. The highest BCUT2D eigenvalue weighted by molar-refractivity contribution is 5.92. The molecule has 106 valence electrons. The minimum atomic E-state index is -0.544. The van der Waals surface area contributed by atoms with Crippen molar-refractivity contribution in [1.82, 2.24) is 4.98 Å². The average Bonchev–Trinajstić information content (AvgIpc) is 2.80. The number of hydrogen-bond donors (Lipinski definition) is 2. The Morgan fingerprint density at radius 2 is 2.05 bits per heavy atom. The lowest BCUT2D eigenvalue weighted by Crippen LogP contribution is -2.15. The highest BCUT2D eigenvalue weighted by atomic mass is 19.1. The lowest BCUT2D eigenvalue weighted by atomic mass is 10.1. The Kier molecular flexibility index (Phi) is 3.27. The molecule has 6 heteroatoms. The molecule has 0 spiro atoms. The molecular weight excluding hydrogens is 275 g/mol. The van der Waals surface area contributed by atoms with Crippen molar-refractivity contribution in [3.8, 4) is 0 Å². The number of aromatic amines is 1. The third-order valence-corrected chi connectivity index (χ3v) is 3.00. The Hall–Kier alpha value is -2.89. The second kappa shape index (κ2) is 5.24. The van der Waals surface area contributed by atoms with Gasteiger partial charge in [0.25, 0.3) is 0 Å². The van der Waals surface area contributed by atoms with E-state index < -0.39 is 11.6 Å². The number of benzene rings is 2. The number of carbonyl (C=O) groups excluding carboxylic acids is 1. The highest BCUT2D eigenvalue weighted by Gasteiger charge is 2.09. The van der Waals surface area contributed by atoms with Crippen LogP contribution >= 0.6 is 0 Å². The third-order valence-electron chi connectivity index (χ3n) is 3.00. The second-order valence-corrected chi connectivity index (χ2v) is 4.55. The van der Waals surface area contributed by atoms with Crippen molar-refractivity contribution in [2.75, 3.05) is 5.32 Å². The number of rotatable bonds is 3. The first-order chi connectivity index (χ1) is 10.1. The minimum Gasteiger partial charge on any atom is -0.408 e. The van der Waals surface area contributed by atoms with Crippen molar-refractivity contribution in [3.63, 3.8) is 0 Å². The molecule has 0 saturated carbocycles. The molecule has 0 aliphatic carbocycles. The summed E-state index contributed by atoms with van der Waals surface area (Å²) in [7, 11) is 0. The van der Waals surface area contributed by atoms with Crippen molar-refractivity contribution in [3.05, 3.63) is 64.4 Å². The van der Waals surface area contributed by atoms with Crippen LogP contribution in [0, 0.1) is 5.82 Å². The molecule has 0 fully saturated rings. The number of hydrogen-bond acceptors (Lipinski definition) is 3. The molecule has 1 heterocycles. The van der Waals surface area contributed by atoms with E-state index in [0.29, 0.717) is 16.7 Å². The van der Waals surface area contributed by atoms with Crippen LogP contribution in [-0.4, -0.2) is 10.9 Å².